The minimum absolute atomic E-state index is 0. The molecule has 0 aliphatic carbocycles. The minimum Gasteiger partial charge on any atom is -1.00 e. The number of benzene rings is 1. The van der Waals surface area contributed by atoms with Gasteiger partial charge in [0.25, 0.3) is 0 Å². The van der Waals surface area contributed by atoms with Gasteiger partial charge in [0.05, 0.1) is 32.6 Å². The summed E-state index contributed by atoms with van der Waals surface area (Å²) in [6, 6.07) is 13.1. The van der Waals surface area contributed by atoms with Gasteiger partial charge in [0, 0.05) is 30.9 Å². The molecule has 2 aromatic rings. The zero-order valence-electron chi connectivity index (χ0n) is 22.3. The lowest BCUT2D eigenvalue weighted by atomic mass is 10.1. The first kappa shape index (κ1) is 33.3. The number of aromatic nitrogens is 1. The molecule has 0 saturated carbocycles. The summed E-state index contributed by atoms with van der Waals surface area (Å²) in [6.07, 6.45) is 18.3. The van der Waals surface area contributed by atoms with Crippen molar-refractivity contribution in [1.82, 2.24) is 0 Å². The van der Waals surface area contributed by atoms with Crippen LogP contribution in [0.1, 0.15) is 52.2 Å². The summed E-state index contributed by atoms with van der Waals surface area (Å²) in [4.78, 5) is 2.36. The molecule has 1 aromatic heterocycles. The fourth-order valence-corrected chi connectivity index (χ4v) is 4.31. The van der Waals surface area contributed by atoms with Crippen LogP contribution in [0.3, 0.4) is 0 Å². The molecule has 194 valence electrons. The molecule has 2 rings (SSSR count). The van der Waals surface area contributed by atoms with Gasteiger partial charge in [-0.1, -0.05) is 48.6 Å². The second-order valence-corrected chi connectivity index (χ2v) is 8.60. The van der Waals surface area contributed by atoms with Crippen LogP contribution in [-0.2, 0) is 6.54 Å². The topological polar surface area (TPSA) is 7.12 Å². The molecule has 0 spiro atoms. The Morgan fingerprint density at radius 2 is 1.17 bits per heavy atom. The molecule has 5 heteroatoms. The molecular formula is C30H45Br2N3. The predicted octanol–water partition coefficient (Wildman–Crippen LogP) is 0.378. The Morgan fingerprint density at radius 3 is 1.63 bits per heavy atom. The minimum atomic E-state index is 0. The summed E-state index contributed by atoms with van der Waals surface area (Å²) in [5, 5.41) is 0. The van der Waals surface area contributed by atoms with Crippen LogP contribution in [0.2, 0.25) is 0 Å². The number of anilines is 1. The van der Waals surface area contributed by atoms with Crippen molar-refractivity contribution in [2.24, 2.45) is 0 Å². The smallest absolute Gasteiger partial charge is 0.169 e. The van der Waals surface area contributed by atoms with Gasteiger partial charge in [-0.15, -0.1) is 0 Å². The van der Waals surface area contributed by atoms with Crippen molar-refractivity contribution in [1.29, 1.82) is 0 Å². The van der Waals surface area contributed by atoms with Crippen molar-refractivity contribution in [2.75, 3.05) is 44.2 Å². The van der Waals surface area contributed by atoms with Gasteiger partial charge >= 0.3 is 0 Å². The Morgan fingerprint density at radius 1 is 0.686 bits per heavy atom. The monoisotopic (exact) mass is 605 g/mol. The number of aryl methyl sites for hydroxylation is 1. The van der Waals surface area contributed by atoms with E-state index in [1.54, 1.807) is 0 Å². The zero-order valence-corrected chi connectivity index (χ0v) is 25.5. The first-order chi connectivity index (χ1) is 16.1. The Labute approximate surface area is 236 Å². The van der Waals surface area contributed by atoms with Gasteiger partial charge in [0.1, 0.15) is 0 Å². The van der Waals surface area contributed by atoms with Crippen LogP contribution >= 0.6 is 0 Å². The summed E-state index contributed by atoms with van der Waals surface area (Å²) in [6.45, 7) is 19.5. The van der Waals surface area contributed by atoms with Crippen molar-refractivity contribution >= 4 is 17.8 Å². The molecule has 0 fully saturated rings. The largest absolute Gasteiger partial charge is 1.00 e. The van der Waals surface area contributed by atoms with Crippen LogP contribution in [-0.4, -0.2) is 43.8 Å². The number of pyridine rings is 1. The van der Waals surface area contributed by atoms with E-state index in [4.69, 9.17) is 0 Å². The van der Waals surface area contributed by atoms with E-state index in [1.807, 2.05) is 0 Å². The number of allylic oxidation sites excluding steroid dienone is 4. The first-order valence-electron chi connectivity index (χ1n) is 12.8. The number of hydrogen-bond donors (Lipinski definition) is 0. The van der Waals surface area contributed by atoms with E-state index in [1.165, 1.54) is 53.9 Å². The van der Waals surface area contributed by atoms with Crippen LogP contribution in [0.5, 0.6) is 0 Å². The van der Waals surface area contributed by atoms with Crippen molar-refractivity contribution in [3.8, 4) is 0 Å². The fourth-order valence-electron chi connectivity index (χ4n) is 4.31. The third-order valence-electron chi connectivity index (χ3n) is 6.91. The lowest BCUT2D eigenvalue weighted by Gasteiger charge is -2.35. The maximum absolute atomic E-state index is 2.36. The maximum atomic E-state index is 2.36. The van der Waals surface area contributed by atoms with E-state index in [0.717, 1.165) is 19.6 Å². The number of quaternary nitrogens is 1. The predicted molar refractivity (Wildman–Crippen MR) is 145 cm³/mol. The van der Waals surface area contributed by atoms with Gasteiger partial charge in [0.15, 0.2) is 18.9 Å². The normalized spacial score (nSPS) is 11.7. The summed E-state index contributed by atoms with van der Waals surface area (Å²) < 4.78 is 3.53. The highest BCUT2D eigenvalue weighted by Crippen LogP contribution is 2.15. The van der Waals surface area contributed by atoms with E-state index < -0.39 is 0 Å². The Hall–Kier alpha value is -1.69. The van der Waals surface area contributed by atoms with Gasteiger partial charge < -0.3 is 43.3 Å². The third kappa shape index (κ3) is 11.3. The molecule has 0 saturated heterocycles. The molecule has 0 amide bonds. The van der Waals surface area contributed by atoms with Gasteiger partial charge in [-0.25, -0.2) is 4.57 Å². The number of halogens is 2. The molecule has 0 aliphatic rings. The first-order valence-corrected chi connectivity index (χ1v) is 12.8. The Bertz CT molecular complexity index is 871. The van der Waals surface area contributed by atoms with E-state index in [9.17, 15) is 0 Å². The third-order valence-corrected chi connectivity index (χ3v) is 6.91. The lowest BCUT2D eigenvalue weighted by molar-refractivity contribution is -0.925. The van der Waals surface area contributed by atoms with Crippen LogP contribution in [0.4, 0.5) is 5.69 Å². The lowest BCUT2D eigenvalue weighted by Crippen LogP contribution is -3.00. The molecule has 1 aromatic carbocycles. The number of rotatable bonds is 14. The Balaban J connectivity index is 0.00000578. The van der Waals surface area contributed by atoms with Crippen molar-refractivity contribution in [3.63, 3.8) is 0 Å². The molecule has 0 aliphatic heterocycles. The Kier molecular flexibility index (Phi) is 17.7. The highest BCUT2D eigenvalue weighted by Gasteiger charge is 2.20. The number of hydrogen-bond acceptors (Lipinski definition) is 1. The van der Waals surface area contributed by atoms with Crippen LogP contribution in [0.15, 0.2) is 73.1 Å². The molecule has 0 radical (unpaired) electrons. The molecular weight excluding hydrogens is 562 g/mol. The maximum Gasteiger partial charge on any atom is 0.169 e. The highest BCUT2D eigenvalue weighted by molar-refractivity contribution is 5.57. The quantitative estimate of drug-likeness (QED) is 0.171. The van der Waals surface area contributed by atoms with Crippen LogP contribution in [0, 0.1) is 0 Å². The SMILES string of the molecule is CCN(CC)c1ccc(C=CC=CC=Cc2cc[n+](CCC[N+](CC)(CC)CC)cc2)cc1.[Br-].[Br-]. The molecule has 0 N–H and O–H groups in total. The summed E-state index contributed by atoms with van der Waals surface area (Å²) in [5.41, 5.74) is 3.74. The average Bonchev–Trinajstić information content (AvgIpc) is 2.87. The van der Waals surface area contributed by atoms with Crippen LogP contribution in [0.25, 0.3) is 12.2 Å². The van der Waals surface area contributed by atoms with E-state index in [2.05, 4.69) is 129 Å². The average molecular weight is 608 g/mol. The molecule has 0 atom stereocenters. The molecule has 0 bridgehead atoms. The van der Waals surface area contributed by atoms with E-state index in [-0.39, 0.29) is 34.0 Å². The second-order valence-electron chi connectivity index (χ2n) is 8.60. The molecule has 3 nitrogen and oxygen atoms in total. The molecule has 1 heterocycles. The van der Waals surface area contributed by atoms with Gasteiger partial charge in [0.2, 0.25) is 0 Å². The van der Waals surface area contributed by atoms with E-state index in [0.29, 0.717) is 0 Å². The summed E-state index contributed by atoms with van der Waals surface area (Å²) >= 11 is 0. The van der Waals surface area contributed by atoms with Crippen molar-refractivity contribution in [2.45, 2.75) is 47.6 Å². The van der Waals surface area contributed by atoms with Gasteiger partial charge in [-0.05, 0) is 57.9 Å². The molecule has 35 heavy (non-hydrogen) atoms. The molecule has 0 unspecified atom stereocenters. The van der Waals surface area contributed by atoms with Gasteiger partial charge in [-0.2, -0.15) is 0 Å². The standard InChI is InChI=1S/C30H45N3.2BrH/c1-6-32(7-2)30-20-18-28(19-21-30)16-13-11-12-14-17-29-22-25-31(26-23-29)24-15-27-33(8-3,9-4)10-5;;/h11-14,16-23,25-26H,6-10,15,24,27H2,1-5H3;2*1H/q+2;;/p-2. The van der Waals surface area contributed by atoms with E-state index >= 15 is 0 Å². The van der Waals surface area contributed by atoms with Crippen molar-refractivity contribution in [3.05, 3.63) is 84.2 Å². The number of nitrogens with zero attached hydrogens (tertiary/aromatic N) is 3. The van der Waals surface area contributed by atoms with Gasteiger partial charge in [-0.3, -0.25) is 0 Å². The fraction of sp³-hybridized carbons (Fsp3) is 0.433. The van der Waals surface area contributed by atoms with Crippen molar-refractivity contribution < 1.29 is 43.0 Å². The summed E-state index contributed by atoms with van der Waals surface area (Å²) in [5.74, 6) is 0. The second kappa shape index (κ2) is 18.6. The zero-order chi connectivity index (χ0) is 23.9. The van der Waals surface area contributed by atoms with Crippen LogP contribution < -0.4 is 43.4 Å². The highest BCUT2D eigenvalue weighted by atomic mass is 79.9. The summed E-state index contributed by atoms with van der Waals surface area (Å²) in [7, 11) is 0.